The number of halogens is 2. The van der Waals surface area contributed by atoms with Crippen molar-refractivity contribution in [3.05, 3.63) is 101 Å². The van der Waals surface area contributed by atoms with Gasteiger partial charge in [0, 0.05) is 16.7 Å². The van der Waals surface area contributed by atoms with Crippen LogP contribution in [0.15, 0.2) is 78.9 Å². The highest BCUT2D eigenvalue weighted by Gasteiger charge is 2.22. The number of para-hydroxylation sites is 1. The Morgan fingerprint density at radius 2 is 1.71 bits per heavy atom. The number of carboxylic acids is 1. The van der Waals surface area contributed by atoms with Gasteiger partial charge in [-0.2, -0.15) is 9.78 Å². The quantitative estimate of drug-likeness (QED) is 0.346. The Bertz CT molecular complexity index is 1350. The van der Waals surface area contributed by atoms with Crippen molar-refractivity contribution in [2.24, 2.45) is 0 Å². The molecule has 0 aliphatic heterocycles. The molecule has 172 valence electrons. The van der Waals surface area contributed by atoms with Gasteiger partial charge < -0.3 is 15.5 Å². The van der Waals surface area contributed by atoms with E-state index in [9.17, 15) is 24.2 Å². The Morgan fingerprint density at radius 3 is 2.38 bits per heavy atom. The number of carbonyl (C=O) groups excluding carboxylic acids is 1. The fourth-order valence-corrected chi connectivity index (χ4v) is 3.78. The number of rotatable bonds is 7. The zero-order valence-electron chi connectivity index (χ0n) is 17.7. The number of hydrogen-bond acceptors (Lipinski definition) is 4. The van der Waals surface area contributed by atoms with Crippen LogP contribution in [0.4, 0.5) is 4.39 Å². The number of benzene rings is 3. The van der Waals surface area contributed by atoms with E-state index in [-0.39, 0.29) is 17.8 Å². The molecule has 0 bridgehead atoms. The van der Waals surface area contributed by atoms with Gasteiger partial charge in [-0.15, -0.1) is 0 Å². The van der Waals surface area contributed by atoms with Crippen LogP contribution in [0.2, 0.25) is 5.02 Å². The second kappa shape index (κ2) is 9.76. The predicted molar refractivity (Wildman–Crippen MR) is 125 cm³/mol. The molecule has 0 saturated heterocycles. The van der Waals surface area contributed by atoms with Crippen LogP contribution in [-0.4, -0.2) is 31.9 Å². The standard InChI is InChI=1S/C25H19ClFN3O4/c26-18-6-2-1-5-17(18)15-9-11-16(12-10-15)20(14-24(32)33)28-25(34)21-13-23(31)30(29-21)22-8-4-3-7-19(22)27/h1-13,20,31H,14H2,(H,28,34)(H,32,33). The summed E-state index contributed by atoms with van der Waals surface area (Å²) in [5.41, 5.74) is 2.00. The van der Waals surface area contributed by atoms with Crippen molar-refractivity contribution in [1.29, 1.82) is 0 Å². The highest BCUT2D eigenvalue weighted by molar-refractivity contribution is 6.33. The van der Waals surface area contributed by atoms with Crippen molar-refractivity contribution in [2.45, 2.75) is 12.5 Å². The summed E-state index contributed by atoms with van der Waals surface area (Å²) in [6, 6.07) is 20.2. The summed E-state index contributed by atoms with van der Waals surface area (Å²) in [5, 5.41) is 26.7. The maximum absolute atomic E-state index is 14.1. The maximum Gasteiger partial charge on any atom is 0.305 e. The van der Waals surface area contributed by atoms with Crippen molar-refractivity contribution >= 4 is 23.5 Å². The molecule has 1 heterocycles. The highest BCUT2D eigenvalue weighted by Crippen LogP contribution is 2.29. The van der Waals surface area contributed by atoms with Crippen LogP contribution in [0.3, 0.4) is 0 Å². The van der Waals surface area contributed by atoms with E-state index >= 15 is 0 Å². The van der Waals surface area contributed by atoms with Crippen LogP contribution in [0.25, 0.3) is 16.8 Å². The minimum Gasteiger partial charge on any atom is -0.493 e. The summed E-state index contributed by atoms with van der Waals surface area (Å²) in [6.45, 7) is 0. The number of aliphatic carboxylic acids is 1. The monoisotopic (exact) mass is 479 g/mol. The number of nitrogens with one attached hydrogen (secondary N) is 1. The van der Waals surface area contributed by atoms with Gasteiger partial charge in [0.2, 0.25) is 5.88 Å². The summed E-state index contributed by atoms with van der Waals surface area (Å²) in [5.74, 6) is -2.89. The van der Waals surface area contributed by atoms with Gasteiger partial charge in [0.15, 0.2) is 5.69 Å². The molecule has 34 heavy (non-hydrogen) atoms. The van der Waals surface area contributed by atoms with Crippen molar-refractivity contribution < 1.29 is 24.2 Å². The van der Waals surface area contributed by atoms with E-state index in [0.29, 0.717) is 10.6 Å². The second-order valence-electron chi connectivity index (χ2n) is 7.48. The third-order valence-electron chi connectivity index (χ3n) is 5.19. The lowest BCUT2D eigenvalue weighted by atomic mass is 9.99. The first-order chi connectivity index (χ1) is 16.3. The average Bonchev–Trinajstić information content (AvgIpc) is 3.20. The summed E-state index contributed by atoms with van der Waals surface area (Å²) >= 11 is 6.25. The lowest BCUT2D eigenvalue weighted by Crippen LogP contribution is -2.30. The number of hydrogen-bond donors (Lipinski definition) is 3. The molecule has 1 unspecified atom stereocenters. The Balaban J connectivity index is 1.58. The van der Waals surface area contributed by atoms with Crippen LogP contribution in [0, 0.1) is 5.82 Å². The van der Waals surface area contributed by atoms with E-state index in [1.807, 2.05) is 18.2 Å². The van der Waals surface area contributed by atoms with Gasteiger partial charge in [-0.1, -0.05) is 66.2 Å². The van der Waals surface area contributed by atoms with Gasteiger partial charge in [0.25, 0.3) is 5.91 Å². The second-order valence-corrected chi connectivity index (χ2v) is 7.88. The van der Waals surface area contributed by atoms with Crippen molar-refractivity contribution in [3.63, 3.8) is 0 Å². The SMILES string of the molecule is O=C(O)CC(NC(=O)c1cc(O)n(-c2ccccc2F)n1)c1ccc(-c2ccccc2Cl)cc1. The van der Waals surface area contributed by atoms with E-state index in [1.54, 1.807) is 36.4 Å². The summed E-state index contributed by atoms with van der Waals surface area (Å²) < 4.78 is 15.0. The first-order valence-corrected chi connectivity index (χ1v) is 10.6. The molecule has 4 aromatic rings. The molecular weight excluding hydrogens is 461 g/mol. The van der Waals surface area contributed by atoms with Crippen LogP contribution in [-0.2, 0) is 4.79 Å². The summed E-state index contributed by atoms with van der Waals surface area (Å²) in [4.78, 5) is 24.3. The zero-order chi connectivity index (χ0) is 24.2. The smallest absolute Gasteiger partial charge is 0.305 e. The van der Waals surface area contributed by atoms with E-state index in [2.05, 4.69) is 10.4 Å². The van der Waals surface area contributed by atoms with Crippen molar-refractivity contribution in [3.8, 4) is 22.7 Å². The molecule has 1 aromatic heterocycles. The number of amides is 1. The van der Waals surface area contributed by atoms with Crippen LogP contribution in [0.5, 0.6) is 5.88 Å². The first-order valence-electron chi connectivity index (χ1n) is 10.2. The minimum absolute atomic E-state index is 0.0312. The summed E-state index contributed by atoms with van der Waals surface area (Å²) in [6.07, 6.45) is -0.378. The lowest BCUT2D eigenvalue weighted by molar-refractivity contribution is -0.137. The van der Waals surface area contributed by atoms with Gasteiger partial charge >= 0.3 is 5.97 Å². The molecule has 0 saturated carbocycles. The van der Waals surface area contributed by atoms with Crippen LogP contribution in [0.1, 0.15) is 28.5 Å². The number of aromatic hydroxyl groups is 1. The van der Waals surface area contributed by atoms with Gasteiger partial charge in [0.1, 0.15) is 11.5 Å². The van der Waals surface area contributed by atoms with Gasteiger partial charge in [-0.05, 0) is 29.3 Å². The highest BCUT2D eigenvalue weighted by atomic mass is 35.5. The minimum atomic E-state index is -1.11. The number of carboxylic acid groups (broad SMARTS) is 1. The van der Waals surface area contributed by atoms with Crippen molar-refractivity contribution in [1.82, 2.24) is 15.1 Å². The average molecular weight is 480 g/mol. The number of aromatic nitrogens is 2. The molecule has 1 atom stereocenters. The molecule has 7 nitrogen and oxygen atoms in total. The number of nitrogens with zero attached hydrogens (tertiary/aromatic N) is 2. The Hall–Kier alpha value is -4.17. The molecule has 0 spiro atoms. The predicted octanol–water partition coefficient (Wildman–Crippen LogP) is 4.98. The van der Waals surface area contributed by atoms with E-state index < -0.39 is 29.6 Å². The summed E-state index contributed by atoms with van der Waals surface area (Å²) in [7, 11) is 0. The molecule has 3 aromatic carbocycles. The fraction of sp³-hybridized carbons (Fsp3) is 0.0800. The van der Waals surface area contributed by atoms with Crippen molar-refractivity contribution in [2.75, 3.05) is 0 Å². The molecule has 0 radical (unpaired) electrons. The largest absolute Gasteiger partial charge is 0.493 e. The topological polar surface area (TPSA) is 104 Å². The Labute approximate surface area is 199 Å². The Kier molecular flexibility index (Phi) is 6.60. The van der Waals surface area contributed by atoms with Crippen LogP contribution < -0.4 is 5.32 Å². The lowest BCUT2D eigenvalue weighted by Gasteiger charge is -2.17. The normalized spacial score (nSPS) is 11.7. The third-order valence-corrected chi connectivity index (χ3v) is 5.52. The fourth-order valence-electron chi connectivity index (χ4n) is 3.53. The van der Waals surface area contributed by atoms with Gasteiger partial charge in [0.05, 0.1) is 12.5 Å². The van der Waals surface area contributed by atoms with Gasteiger partial charge in [-0.3, -0.25) is 9.59 Å². The van der Waals surface area contributed by atoms with Crippen LogP contribution >= 0.6 is 11.6 Å². The molecule has 9 heteroatoms. The number of carbonyl (C=O) groups is 2. The van der Waals surface area contributed by atoms with E-state index in [4.69, 9.17) is 11.6 Å². The molecule has 3 N–H and O–H groups in total. The molecule has 4 rings (SSSR count). The molecule has 0 fully saturated rings. The zero-order valence-corrected chi connectivity index (χ0v) is 18.4. The molecule has 0 aliphatic carbocycles. The molecule has 0 aliphatic rings. The first kappa shape index (κ1) is 23.0. The molecular formula is C25H19ClFN3O4. The van der Waals surface area contributed by atoms with E-state index in [0.717, 1.165) is 21.9 Å². The maximum atomic E-state index is 14.1. The Morgan fingerprint density at radius 1 is 1.03 bits per heavy atom. The molecule has 1 amide bonds. The van der Waals surface area contributed by atoms with Gasteiger partial charge in [-0.25, -0.2) is 4.39 Å². The van der Waals surface area contributed by atoms with E-state index in [1.165, 1.54) is 18.2 Å². The third kappa shape index (κ3) is 4.92.